The molecule has 0 saturated heterocycles. The molecule has 0 saturated carbocycles. The lowest BCUT2D eigenvalue weighted by atomic mass is 10.1. The highest BCUT2D eigenvalue weighted by atomic mass is 16.7. The van der Waals surface area contributed by atoms with Gasteiger partial charge >= 0.3 is 5.97 Å². The molecule has 0 aliphatic heterocycles. The lowest BCUT2D eigenvalue weighted by Crippen LogP contribution is -2.37. The van der Waals surface area contributed by atoms with Crippen molar-refractivity contribution < 1.29 is 14.8 Å². The number of carbonyl (C=O) groups excluding carboxylic acids is 1. The molecule has 0 aromatic heterocycles. The maximum atomic E-state index is 10.7. The Hall–Kier alpha value is -0.690. The Morgan fingerprint density at radius 2 is 2.25 bits per heavy atom. The van der Waals surface area contributed by atoms with Crippen LogP contribution in [0.1, 0.15) is 19.3 Å². The van der Waals surface area contributed by atoms with E-state index in [4.69, 9.17) is 10.9 Å². The molecule has 0 amide bonds. The number of nitrogens with one attached hydrogen (secondary N) is 1. The van der Waals surface area contributed by atoms with Crippen LogP contribution in [0.25, 0.3) is 0 Å². The fourth-order valence-corrected chi connectivity index (χ4v) is 0.810. The quantitative estimate of drug-likeness (QED) is 0.302. The largest absolute Gasteiger partial charge is 0.372 e. The fraction of sp³-hybridized carbons (Fsp3) is 0.833. The summed E-state index contributed by atoms with van der Waals surface area (Å²) >= 11 is 0. The first-order chi connectivity index (χ1) is 5.76. The molecule has 72 valence electrons. The highest BCUT2D eigenvalue weighted by Gasteiger charge is 2.17. The summed E-state index contributed by atoms with van der Waals surface area (Å²) in [6.45, 7) is 0.565. The summed E-state index contributed by atoms with van der Waals surface area (Å²) in [6, 6.07) is -0.749. The third-order valence-corrected chi connectivity index (χ3v) is 1.50. The first kappa shape index (κ1) is 11.3. The minimum atomic E-state index is -0.749. The number of unbranched alkanes of at least 4 members (excludes halogenated alkanes) is 1. The van der Waals surface area contributed by atoms with Crippen LogP contribution in [0.5, 0.6) is 0 Å². The minimum absolute atomic E-state index is 0.462. The molecule has 0 unspecified atom stereocenters. The number of hydrogen-bond acceptors (Lipinski definition) is 6. The molecule has 0 radical (unpaired) electrons. The van der Waals surface area contributed by atoms with Gasteiger partial charge in [-0.25, -0.2) is 4.79 Å². The number of hydroxylamine groups is 1. The Morgan fingerprint density at radius 1 is 1.58 bits per heavy atom. The number of carbonyl (C=O) groups is 1. The molecule has 0 bridgehead atoms. The molecule has 0 aromatic carbocycles. The number of rotatable bonds is 6. The third kappa shape index (κ3) is 4.24. The second-order valence-electron chi connectivity index (χ2n) is 2.40. The molecule has 0 aliphatic rings. The van der Waals surface area contributed by atoms with Crippen molar-refractivity contribution in [2.24, 2.45) is 11.6 Å². The summed E-state index contributed by atoms with van der Waals surface area (Å²) in [5.41, 5.74) is 7.06. The predicted octanol–water partition coefficient (Wildman–Crippen LogP) is -1.12. The summed E-state index contributed by atoms with van der Waals surface area (Å²) in [7, 11) is 0. The lowest BCUT2D eigenvalue weighted by molar-refractivity contribution is -0.149. The zero-order valence-corrected chi connectivity index (χ0v) is 6.82. The molecule has 6 N–H and O–H groups in total. The molecular formula is C6H15N3O3. The van der Waals surface area contributed by atoms with E-state index in [1.807, 2.05) is 5.48 Å². The smallest absolute Gasteiger partial charge is 0.343 e. The van der Waals surface area contributed by atoms with Gasteiger partial charge < -0.3 is 15.8 Å². The topological polar surface area (TPSA) is 111 Å². The van der Waals surface area contributed by atoms with E-state index in [-0.39, 0.29) is 0 Å². The summed E-state index contributed by atoms with van der Waals surface area (Å²) in [6.07, 6.45) is 2.00. The monoisotopic (exact) mass is 177 g/mol. The van der Waals surface area contributed by atoms with Crippen molar-refractivity contribution in [2.45, 2.75) is 25.3 Å². The zero-order valence-electron chi connectivity index (χ0n) is 6.82. The van der Waals surface area contributed by atoms with Gasteiger partial charge in [0.05, 0.1) is 0 Å². The van der Waals surface area contributed by atoms with Gasteiger partial charge in [-0.2, -0.15) is 11.4 Å². The maximum Gasteiger partial charge on any atom is 0.343 e. The fourth-order valence-electron chi connectivity index (χ4n) is 0.810. The van der Waals surface area contributed by atoms with E-state index in [9.17, 15) is 4.79 Å². The number of nitrogens with two attached hydrogens (primary N) is 2. The minimum Gasteiger partial charge on any atom is -0.372 e. The Morgan fingerprint density at radius 3 is 2.67 bits per heavy atom. The van der Waals surface area contributed by atoms with Crippen molar-refractivity contribution in [1.82, 2.24) is 5.48 Å². The van der Waals surface area contributed by atoms with Crippen LogP contribution in [0.3, 0.4) is 0 Å². The Labute approximate surface area is 70.8 Å². The summed E-state index contributed by atoms with van der Waals surface area (Å²) < 4.78 is 0. The van der Waals surface area contributed by atoms with Gasteiger partial charge in [0, 0.05) is 0 Å². The first-order valence-corrected chi connectivity index (χ1v) is 3.76. The average molecular weight is 177 g/mol. The van der Waals surface area contributed by atoms with Gasteiger partial charge in [0.15, 0.2) is 0 Å². The molecule has 0 spiro atoms. The Balaban J connectivity index is 3.60. The standard InChI is InChI=1S/C6H15N3O3/c7-4-2-1-3-5(9-11)6(10)12-8/h5,9,11H,1-4,7-8H2/t5-/m0/s1. The Kier molecular flexibility index (Phi) is 6.58. The molecular weight excluding hydrogens is 162 g/mol. The SMILES string of the molecule is NCCCC[C@H](NO)C(=O)ON. The van der Waals surface area contributed by atoms with Crippen LogP contribution >= 0.6 is 0 Å². The van der Waals surface area contributed by atoms with E-state index >= 15 is 0 Å². The van der Waals surface area contributed by atoms with Crippen molar-refractivity contribution >= 4 is 5.97 Å². The van der Waals surface area contributed by atoms with E-state index in [2.05, 4.69) is 10.7 Å². The highest BCUT2D eigenvalue weighted by molar-refractivity contribution is 5.75. The molecule has 0 aromatic rings. The highest BCUT2D eigenvalue weighted by Crippen LogP contribution is 2.00. The van der Waals surface area contributed by atoms with Crippen molar-refractivity contribution in [3.05, 3.63) is 0 Å². The van der Waals surface area contributed by atoms with Crippen LogP contribution in [0.15, 0.2) is 0 Å². The molecule has 0 fully saturated rings. The van der Waals surface area contributed by atoms with Gasteiger partial charge in [-0.3, -0.25) is 0 Å². The molecule has 0 heterocycles. The van der Waals surface area contributed by atoms with Gasteiger partial charge in [-0.1, -0.05) is 0 Å². The van der Waals surface area contributed by atoms with E-state index < -0.39 is 12.0 Å². The van der Waals surface area contributed by atoms with Gasteiger partial charge in [0.2, 0.25) is 0 Å². The lowest BCUT2D eigenvalue weighted by Gasteiger charge is -2.10. The van der Waals surface area contributed by atoms with Crippen molar-refractivity contribution in [3.63, 3.8) is 0 Å². The second kappa shape index (κ2) is 6.99. The summed E-state index contributed by atoms with van der Waals surface area (Å²) in [5, 5.41) is 8.49. The molecule has 0 rings (SSSR count). The van der Waals surface area contributed by atoms with E-state index in [0.29, 0.717) is 13.0 Å². The van der Waals surface area contributed by atoms with Crippen LogP contribution in [-0.2, 0) is 9.63 Å². The molecule has 1 atom stereocenters. The number of hydrogen-bond donors (Lipinski definition) is 4. The molecule has 6 heteroatoms. The van der Waals surface area contributed by atoms with Crippen molar-refractivity contribution in [1.29, 1.82) is 0 Å². The van der Waals surface area contributed by atoms with Crippen LogP contribution in [0.2, 0.25) is 0 Å². The van der Waals surface area contributed by atoms with Crippen LogP contribution < -0.4 is 17.1 Å². The van der Waals surface area contributed by atoms with E-state index in [1.54, 1.807) is 0 Å². The van der Waals surface area contributed by atoms with Crippen molar-refractivity contribution in [2.75, 3.05) is 6.54 Å². The zero-order chi connectivity index (χ0) is 9.40. The summed E-state index contributed by atoms with van der Waals surface area (Å²) in [4.78, 5) is 14.7. The van der Waals surface area contributed by atoms with Crippen molar-refractivity contribution in [3.8, 4) is 0 Å². The summed E-state index contributed by atoms with van der Waals surface area (Å²) in [5.74, 6) is 3.96. The predicted molar refractivity (Wildman–Crippen MR) is 41.9 cm³/mol. The third-order valence-electron chi connectivity index (χ3n) is 1.50. The first-order valence-electron chi connectivity index (χ1n) is 3.76. The maximum absolute atomic E-state index is 10.7. The Bertz CT molecular complexity index is 131. The van der Waals surface area contributed by atoms with E-state index in [0.717, 1.165) is 12.8 Å². The van der Waals surface area contributed by atoms with Crippen LogP contribution in [-0.4, -0.2) is 23.8 Å². The van der Waals surface area contributed by atoms with E-state index in [1.165, 1.54) is 0 Å². The van der Waals surface area contributed by atoms with Gasteiger partial charge in [0.25, 0.3) is 0 Å². The van der Waals surface area contributed by atoms with Gasteiger partial charge in [-0.05, 0) is 25.8 Å². The average Bonchev–Trinajstić information content (AvgIpc) is 2.11. The normalized spacial score (nSPS) is 12.6. The van der Waals surface area contributed by atoms with Crippen LogP contribution in [0, 0.1) is 0 Å². The van der Waals surface area contributed by atoms with Gasteiger partial charge in [-0.15, -0.1) is 0 Å². The molecule has 6 nitrogen and oxygen atoms in total. The van der Waals surface area contributed by atoms with Crippen LogP contribution in [0.4, 0.5) is 0 Å². The molecule has 12 heavy (non-hydrogen) atoms. The van der Waals surface area contributed by atoms with Gasteiger partial charge in [0.1, 0.15) is 6.04 Å². The second-order valence-corrected chi connectivity index (χ2v) is 2.40. The molecule has 0 aliphatic carbocycles.